The van der Waals surface area contributed by atoms with Gasteiger partial charge in [-0.3, -0.25) is 10.2 Å². The second-order valence-corrected chi connectivity index (χ2v) is 8.99. The number of aromatic nitrogens is 1. The first-order chi connectivity index (χ1) is 16.4. The zero-order valence-corrected chi connectivity index (χ0v) is 19.7. The monoisotopic (exact) mass is 484 g/mol. The Morgan fingerprint density at radius 3 is 2.44 bits per heavy atom. The average Bonchev–Trinajstić information content (AvgIpc) is 3.27. The molecule has 178 valence electrons. The van der Waals surface area contributed by atoms with Crippen LogP contribution in [0.1, 0.15) is 49.2 Å². The summed E-state index contributed by atoms with van der Waals surface area (Å²) in [4.78, 5) is 16.1. The minimum Gasteiger partial charge on any atom is -0.466 e. The highest BCUT2D eigenvalue weighted by Gasteiger charge is 2.33. The van der Waals surface area contributed by atoms with Crippen LogP contribution < -0.4 is 10.7 Å². The maximum atomic E-state index is 13.5. The molecule has 0 aliphatic carbocycles. The van der Waals surface area contributed by atoms with Gasteiger partial charge in [0.2, 0.25) is 5.13 Å². The molecule has 0 spiro atoms. The van der Waals surface area contributed by atoms with Gasteiger partial charge < -0.3 is 10.1 Å². The molecule has 34 heavy (non-hydrogen) atoms. The summed E-state index contributed by atoms with van der Waals surface area (Å²) >= 11 is 1.36. The molecule has 0 bridgehead atoms. The van der Waals surface area contributed by atoms with E-state index in [1.165, 1.54) is 35.6 Å². The van der Waals surface area contributed by atoms with E-state index in [-0.39, 0.29) is 42.0 Å². The van der Waals surface area contributed by atoms with Gasteiger partial charge in [0, 0.05) is 35.5 Å². The summed E-state index contributed by atoms with van der Waals surface area (Å²) in [6.45, 7) is 4.16. The van der Waals surface area contributed by atoms with Crippen LogP contribution in [0.2, 0.25) is 0 Å². The van der Waals surface area contributed by atoms with Gasteiger partial charge in [-0.05, 0) is 42.3 Å². The number of halogens is 2. The molecule has 3 atom stereocenters. The molecule has 1 fully saturated rings. The molecular formula is C25H26F2N4O2S. The lowest BCUT2D eigenvalue weighted by atomic mass is 9.81. The summed E-state index contributed by atoms with van der Waals surface area (Å²) in [6.07, 6.45) is 0.723. The molecular weight excluding hydrogens is 458 g/mol. The summed E-state index contributed by atoms with van der Waals surface area (Å²) in [6, 6.07) is 12.6. The summed E-state index contributed by atoms with van der Waals surface area (Å²) < 4.78 is 32.0. The standard InChI is InChI=1S/C25H26F2N4O2S/c1-3-33-23(32)12-20-14-34-25(28-20)31-30-21-13-22(16-4-8-18(26)9-5-16)29-24(15(21)2)17-6-10-19(27)11-7-17/h4-11,14-15,22,24,29H,3,12-13H2,1-2H3,(H,28,31)/b30-21-. The molecule has 9 heteroatoms. The molecule has 1 aromatic heterocycles. The van der Waals surface area contributed by atoms with E-state index >= 15 is 0 Å². The zero-order valence-electron chi connectivity index (χ0n) is 18.9. The van der Waals surface area contributed by atoms with E-state index in [0.29, 0.717) is 23.9 Å². The highest BCUT2D eigenvalue weighted by Crippen LogP contribution is 2.35. The predicted octanol–water partition coefficient (Wildman–Crippen LogP) is 5.41. The number of hydrogen-bond donors (Lipinski definition) is 2. The molecule has 3 unspecified atom stereocenters. The molecule has 0 saturated carbocycles. The van der Waals surface area contributed by atoms with Gasteiger partial charge in [-0.15, -0.1) is 11.3 Å². The third-order valence-electron chi connectivity index (χ3n) is 5.80. The van der Waals surface area contributed by atoms with Crippen LogP contribution in [-0.4, -0.2) is 23.3 Å². The van der Waals surface area contributed by atoms with Gasteiger partial charge in [-0.25, -0.2) is 13.8 Å². The number of anilines is 1. The van der Waals surface area contributed by atoms with Crippen LogP contribution in [0.5, 0.6) is 0 Å². The van der Waals surface area contributed by atoms with E-state index in [2.05, 4.69) is 27.8 Å². The molecule has 4 rings (SSSR count). The molecule has 2 heterocycles. The Kier molecular flexibility index (Phi) is 7.64. The van der Waals surface area contributed by atoms with Gasteiger partial charge >= 0.3 is 5.97 Å². The largest absolute Gasteiger partial charge is 0.466 e. The average molecular weight is 485 g/mol. The first-order valence-electron chi connectivity index (χ1n) is 11.1. The minimum absolute atomic E-state index is 0.00799. The second-order valence-electron chi connectivity index (χ2n) is 8.13. The highest BCUT2D eigenvalue weighted by molar-refractivity contribution is 7.13. The van der Waals surface area contributed by atoms with Crippen molar-refractivity contribution in [3.8, 4) is 0 Å². The second kappa shape index (κ2) is 10.8. The van der Waals surface area contributed by atoms with E-state index in [9.17, 15) is 13.6 Å². The molecule has 3 aromatic rings. The van der Waals surface area contributed by atoms with Crippen molar-refractivity contribution < 1.29 is 18.3 Å². The molecule has 1 aliphatic heterocycles. The molecule has 6 nitrogen and oxygen atoms in total. The Morgan fingerprint density at radius 2 is 1.79 bits per heavy atom. The number of esters is 1. The molecule has 1 aliphatic rings. The van der Waals surface area contributed by atoms with Crippen molar-refractivity contribution >= 4 is 28.1 Å². The number of carbonyl (C=O) groups excluding carboxylic acids is 1. The van der Waals surface area contributed by atoms with Crippen LogP contribution in [0.15, 0.2) is 59.0 Å². The van der Waals surface area contributed by atoms with Crippen LogP contribution in [0.25, 0.3) is 0 Å². The number of piperidine rings is 1. The predicted molar refractivity (Wildman–Crippen MR) is 129 cm³/mol. The molecule has 1 saturated heterocycles. The van der Waals surface area contributed by atoms with Crippen molar-refractivity contribution in [2.24, 2.45) is 11.0 Å². The maximum absolute atomic E-state index is 13.5. The number of ether oxygens (including phenoxy) is 1. The fraction of sp³-hybridized carbons (Fsp3) is 0.320. The SMILES string of the molecule is CCOC(=O)Cc1csc(N/N=C2/CC(c3ccc(F)cc3)NC(c3ccc(F)cc3)C2C)n1. The summed E-state index contributed by atoms with van der Waals surface area (Å²) in [5.74, 6) is -0.892. The lowest BCUT2D eigenvalue weighted by Gasteiger charge is -2.37. The number of rotatable bonds is 7. The smallest absolute Gasteiger partial charge is 0.311 e. The van der Waals surface area contributed by atoms with Crippen molar-refractivity contribution in [3.63, 3.8) is 0 Å². The van der Waals surface area contributed by atoms with Gasteiger partial charge in [0.05, 0.1) is 18.7 Å². The van der Waals surface area contributed by atoms with Crippen molar-refractivity contribution in [2.45, 2.75) is 38.8 Å². The minimum atomic E-state index is -0.318. The Labute approximate surface area is 201 Å². The van der Waals surface area contributed by atoms with Gasteiger partial charge in [-0.1, -0.05) is 31.2 Å². The topological polar surface area (TPSA) is 75.6 Å². The van der Waals surface area contributed by atoms with Crippen LogP contribution in [-0.2, 0) is 16.0 Å². The van der Waals surface area contributed by atoms with Gasteiger partial charge in [-0.2, -0.15) is 5.10 Å². The number of nitrogens with zero attached hydrogens (tertiary/aromatic N) is 2. The van der Waals surface area contributed by atoms with Crippen molar-refractivity contribution in [1.82, 2.24) is 10.3 Å². The lowest BCUT2D eigenvalue weighted by Crippen LogP contribution is -2.41. The van der Waals surface area contributed by atoms with Gasteiger partial charge in [0.15, 0.2) is 0 Å². The van der Waals surface area contributed by atoms with E-state index in [1.54, 1.807) is 36.6 Å². The van der Waals surface area contributed by atoms with Crippen molar-refractivity contribution in [3.05, 3.63) is 82.4 Å². The highest BCUT2D eigenvalue weighted by atomic mass is 32.1. The van der Waals surface area contributed by atoms with E-state index in [4.69, 9.17) is 4.74 Å². The lowest BCUT2D eigenvalue weighted by molar-refractivity contribution is -0.142. The maximum Gasteiger partial charge on any atom is 0.311 e. The Morgan fingerprint density at radius 1 is 1.15 bits per heavy atom. The fourth-order valence-electron chi connectivity index (χ4n) is 4.04. The zero-order chi connectivity index (χ0) is 24.1. The van der Waals surface area contributed by atoms with Crippen LogP contribution in [0.4, 0.5) is 13.9 Å². The molecule has 2 aromatic carbocycles. The molecule has 0 amide bonds. The van der Waals surface area contributed by atoms with Crippen LogP contribution in [0, 0.1) is 17.6 Å². The van der Waals surface area contributed by atoms with Crippen LogP contribution >= 0.6 is 11.3 Å². The van der Waals surface area contributed by atoms with Crippen LogP contribution in [0.3, 0.4) is 0 Å². The third kappa shape index (κ3) is 5.84. The fourth-order valence-corrected chi connectivity index (χ4v) is 4.69. The van der Waals surface area contributed by atoms with E-state index < -0.39 is 0 Å². The first-order valence-corrected chi connectivity index (χ1v) is 12.0. The van der Waals surface area contributed by atoms with Crippen molar-refractivity contribution in [2.75, 3.05) is 12.0 Å². The summed E-state index contributed by atoms with van der Waals surface area (Å²) in [7, 11) is 0. The Balaban J connectivity index is 1.56. The number of benzene rings is 2. The van der Waals surface area contributed by atoms with E-state index in [1.807, 2.05) is 0 Å². The van der Waals surface area contributed by atoms with E-state index in [0.717, 1.165) is 16.8 Å². The number of carbonyl (C=O) groups is 1. The van der Waals surface area contributed by atoms with Gasteiger partial charge in [0.25, 0.3) is 0 Å². The summed E-state index contributed by atoms with van der Waals surface area (Å²) in [5, 5.41) is 10.7. The number of hydrazone groups is 1. The normalized spacial score (nSPS) is 21.4. The number of nitrogens with one attached hydrogen (secondary N) is 2. The van der Waals surface area contributed by atoms with Crippen molar-refractivity contribution in [1.29, 1.82) is 0 Å². The summed E-state index contributed by atoms with van der Waals surface area (Å²) in [5.41, 5.74) is 6.45. The van der Waals surface area contributed by atoms with Gasteiger partial charge in [0.1, 0.15) is 11.6 Å². The number of hydrogen-bond acceptors (Lipinski definition) is 7. The Bertz CT molecular complexity index is 1150. The quantitative estimate of drug-likeness (QED) is 0.347. The molecule has 0 radical (unpaired) electrons. The third-order valence-corrected chi connectivity index (χ3v) is 6.59. The first kappa shape index (κ1) is 24.0. The number of thiazole rings is 1. The molecule has 2 N–H and O–H groups in total. The Hall–Kier alpha value is -3.17.